The molecule has 0 radical (unpaired) electrons. The number of aromatic amines is 1. The Morgan fingerprint density at radius 3 is 2.85 bits per heavy atom. The molecule has 4 rings (SSSR count). The van der Waals surface area contributed by atoms with Gasteiger partial charge in [-0.3, -0.25) is 14.5 Å². The highest BCUT2D eigenvalue weighted by Gasteiger charge is 2.37. The van der Waals surface area contributed by atoms with Crippen LogP contribution in [0.2, 0.25) is 0 Å². The van der Waals surface area contributed by atoms with Gasteiger partial charge in [-0.2, -0.15) is 0 Å². The number of fused-ring (bicyclic) bond motifs is 1. The minimum Gasteiger partial charge on any atom is -0.361 e. The van der Waals surface area contributed by atoms with Crippen molar-refractivity contribution in [3.63, 3.8) is 0 Å². The summed E-state index contributed by atoms with van der Waals surface area (Å²) in [6.45, 7) is 0.331. The number of rotatable bonds is 7. The van der Waals surface area contributed by atoms with E-state index in [4.69, 9.17) is 0 Å². The summed E-state index contributed by atoms with van der Waals surface area (Å²) < 4.78 is 0. The van der Waals surface area contributed by atoms with Crippen LogP contribution in [-0.2, 0) is 16.0 Å². The van der Waals surface area contributed by atoms with Crippen LogP contribution in [0.15, 0.2) is 30.5 Å². The van der Waals surface area contributed by atoms with E-state index < -0.39 is 6.04 Å². The van der Waals surface area contributed by atoms with E-state index in [1.54, 1.807) is 0 Å². The smallest absolute Gasteiger partial charge is 0.324 e. The molecule has 2 heterocycles. The first-order valence-corrected chi connectivity index (χ1v) is 9.08. The van der Waals surface area contributed by atoms with Gasteiger partial charge in [0.2, 0.25) is 5.91 Å². The molecule has 1 aromatic heterocycles. The Balaban J connectivity index is 1.32. The molecule has 3 N–H and O–H groups in total. The van der Waals surface area contributed by atoms with E-state index in [0.29, 0.717) is 25.4 Å². The zero-order valence-electron chi connectivity index (χ0n) is 14.5. The molecule has 1 aromatic carbocycles. The number of carbonyl (C=O) groups is 3. The van der Waals surface area contributed by atoms with Crippen molar-refractivity contribution in [3.8, 4) is 0 Å². The van der Waals surface area contributed by atoms with E-state index in [0.717, 1.165) is 29.3 Å². The van der Waals surface area contributed by atoms with Crippen LogP contribution in [0.3, 0.4) is 0 Å². The molecule has 1 saturated carbocycles. The van der Waals surface area contributed by atoms with Gasteiger partial charge in [0.15, 0.2) is 0 Å². The van der Waals surface area contributed by atoms with Gasteiger partial charge in [-0.25, -0.2) is 4.79 Å². The predicted octanol–water partition coefficient (Wildman–Crippen LogP) is 1.69. The lowest BCUT2D eigenvalue weighted by Gasteiger charge is -2.12. The molecule has 2 aromatic rings. The minimum absolute atomic E-state index is 0.0493. The molecular formula is C19H22N4O3. The molecule has 1 aliphatic carbocycles. The van der Waals surface area contributed by atoms with Crippen LogP contribution < -0.4 is 10.6 Å². The highest BCUT2D eigenvalue weighted by Crippen LogP contribution is 2.20. The average Bonchev–Trinajstić information content (AvgIpc) is 3.28. The van der Waals surface area contributed by atoms with Crippen LogP contribution in [0.5, 0.6) is 0 Å². The number of amides is 4. The summed E-state index contributed by atoms with van der Waals surface area (Å²) in [7, 11) is 0. The molecule has 2 aliphatic rings. The standard InChI is InChI=1S/C19H22N4O3/c24-17(21-13-5-6-13)8-7-16-18(25)23(19(26)22-16)10-9-12-11-20-15-4-2-1-3-14(12)15/h1-4,11,13,16,20H,5-10H2,(H,21,24)(H,22,26). The van der Waals surface area contributed by atoms with E-state index >= 15 is 0 Å². The van der Waals surface area contributed by atoms with Crippen molar-refractivity contribution in [1.82, 2.24) is 20.5 Å². The van der Waals surface area contributed by atoms with Crippen LogP contribution in [0, 0.1) is 0 Å². The topological polar surface area (TPSA) is 94.3 Å². The molecule has 1 aliphatic heterocycles. The lowest BCUT2D eigenvalue weighted by Crippen LogP contribution is -2.34. The molecule has 4 amide bonds. The number of nitrogens with zero attached hydrogens (tertiary/aromatic N) is 1. The van der Waals surface area contributed by atoms with Crippen molar-refractivity contribution in [1.29, 1.82) is 0 Å². The van der Waals surface area contributed by atoms with Crippen LogP contribution in [0.1, 0.15) is 31.2 Å². The van der Waals surface area contributed by atoms with E-state index in [1.165, 1.54) is 4.90 Å². The van der Waals surface area contributed by atoms with Crippen molar-refractivity contribution in [2.75, 3.05) is 6.54 Å². The molecule has 2 fully saturated rings. The Morgan fingerprint density at radius 2 is 2.04 bits per heavy atom. The van der Waals surface area contributed by atoms with Crippen LogP contribution in [0.25, 0.3) is 10.9 Å². The molecular weight excluding hydrogens is 332 g/mol. The van der Waals surface area contributed by atoms with Crippen LogP contribution >= 0.6 is 0 Å². The number of hydrogen-bond acceptors (Lipinski definition) is 3. The number of carbonyl (C=O) groups excluding carboxylic acids is 3. The summed E-state index contributed by atoms with van der Waals surface area (Å²) >= 11 is 0. The normalized spacial score (nSPS) is 19.8. The number of urea groups is 1. The highest BCUT2D eigenvalue weighted by atomic mass is 16.2. The fraction of sp³-hybridized carbons (Fsp3) is 0.421. The van der Waals surface area contributed by atoms with Crippen molar-refractivity contribution < 1.29 is 14.4 Å². The number of nitrogens with one attached hydrogen (secondary N) is 3. The molecule has 1 saturated heterocycles. The van der Waals surface area contributed by atoms with Crippen molar-refractivity contribution in [2.24, 2.45) is 0 Å². The van der Waals surface area contributed by atoms with Crippen molar-refractivity contribution in [3.05, 3.63) is 36.0 Å². The Kier molecular flexibility index (Phi) is 4.36. The third-order valence-corrected chi connectivity index (χ3v) is 4.99. The second-order valence-corrected chi connectivity index (χ2v) is 6.98. The van der Waals surface area contributed by atoms with Crippen LogP contribution in [-0.4, -0.2) is 46.4 Å². The quantitative estimate of drug-likeness (QED) is 0.661. The number of para-hydroxylation sites is 1. The van der Waals surface area contributed by atoms with E-state index in [-0.39, 0.29) is 24.3 Å². The second-order valence-electron chi connectivity index (χ2n) is 6.98. The van der Waals surface area contributed by atoms with Crippen LogP contribution in [0.4, 0.5) is 4.79 Å². The average molecular weight is 354 g/mol. The summed E-state index contributed by atoms with van der Waals surface area (Å²) in [5.74, 6) is -0.291. The minimum atomic E-state index is -0.601. The predicted molar refractivity (Wildman–Crippen MR) is 96.4 cm³/mol. The molecule has 136 valence electrons. The second kappa shape index (κ2) is 6.82. The Labute approximate surface area is 151 Å². The number of imide groups is 1. The summed E-state index contributed by atoms with van der Waals surface area (Å²) in [5.41, 5.74) is 2.12. The lowest BCUT2D eigenvalue weighted by atomic mass is 10.1. The van der Waals surface area contributed by atoms with Gasteiger partial charge in [0.1, 0.15) is 6.04 Å². The largest absolute Gasteiger partial charge is 0.361 e. The number of aromatic nitrogens is 1. The fourth-order valence-corrected chi connectivity index (χ4v) is 3.36. The maximum absolute atomic E-state index is 12.5. The van der Waals surface area contributed by atoms with Gasteiger partial charge in [0.25, 0.3) is 5.91 Å². The Bertz CT molecular complexity index is 855. The SMILES string of the molecule is O=C(CCC1NC(=O)N(CCc2c[nH]c3ccccc23)C1=O)NC1CC1. The Hall–Kier alpha value is -2.83. The van der Waals surface area contributed by atoms with E-state index in [2.05, 4.69) is 15.6 Å². The summed E-state index contributed by atoms with van der Waals surface area (Å²) in [6, 6.07) is 7.28. The molecule has 26 heavy (non-hydrogen) atoms. The monoisotopic (exact) mass is 354 g/mol. The van der Waals surface area contributed by atoms with Gasteiger partial charge in [0, 0.05) is 36.1 Å². The maximum Gasteiger partial charge on any atom is 0.324 e. The molecule has 0 spiro atoms. The fourth-order valence-electron chi connectivity index (χ4n) is 3.36. The molecule has 0 bridgehead atoms. The summed E-state index contributed by atoms with van der Waals surface area (Å²) in [4.78, 5) is 40.9. The molecule has 7 nitrogen and oxygen atoms in total. The molecule has 1 atom stereocenters. The first-order chi connectivity index (χ1) is 12.6. The summed E-state index contributed by atoms with van der Waals surface area (Å²) in [5, 5.41) is 6.70. The van der Waals surface area contributed by atoms with Gasteiger partial charge in [-0.15, -0.1) is 0 Å². The van der Waals surface area contributed by atoms with Crippen molar-refractivity contribution in [2.45, 2.75) is 44.2 Å². The maximum atomic E-state index is 12.5. The Morgan fingerprint density at radius 1 is 1.23 bits per heavy atom. The lowest BCUT2D eigenvalue weighted by molar-refractivity contribution is -0.127. The first kappa shape index (κ1) is 16.6. The van der Waals surface area contributed by atoms with Gasteiger partial charge < -0.3 is 15.6 Å². The zero-order chi connectivity index (χ0) is 18.1. The number of hydrogen-bond donors (Lipinski definition) is 3. The van der Waals surface area contributed by atoms with Gasteiger partial charge >= 0.3 is 6.03 Å². The third-order valence-electron chi connectivity index (χ3n) is 4.99. The van der Waals surface area contributed by atoms with Gasteiger partial charge in [-0.1, -0.05) is 18.2 Å². The highest BCUT2D eigenvalue weighted by molar-refractivity contribution is 6.04. The van der Waals surface area contributed by atoms with Gasteiger partial charge in [0.05, 0.1) is 0 Å². The van der Waals surface area contributed by atoms with E-state index in [9.17, 15) is 14.4 Å². The van der Waals surface area contributed by atoms with Crippen molar-refractivity contribution >= 4 is 28.7 Å². The first-order valence-electron chi connectivity index (χ1n) is 9.08. The summed E-state index contributed by atoms with van der Waals surface area (Å²) in [6.07, 6.45) is 5.18. The van der Waals surface area contributed by atoms with E-state index in [1.807, 2.05) is 30.5 Å². The molecule has 7 heteroatoms. The number of H-pyrrole nitrogens is 1. The number of benzene rings is 1. The van der Waals surface area contributed by atoms with Gasteiger partial charge in [-0.05, 0) is 37.3 Å². The third kappa shape index (κ3) is 3.42. The zero-order valence-corrected chi connectivity index (χ0v) is 14.5. The molecule has 1 unspecified atom stereocenters.